The van der Waals surface area contributed by atoms with E-state index in [9.17, 15) is 4.79 Å². The van der Waals surface area contributed by atoms with E-state index >= 15 is 0 Å². The molecule has 0 radical (unpaired) electrons. The Morgan fingerprint density at radius 1 is 1.21 bits per heavy atom. The van der Waals surface area contributed by atoms with Gasteiger partial charge in [-0.05, 0) is 25.1 Å². The number of carbonyl (C=O) groups excluding carboxylic acids is 1. The number of nitrogens with zero attached hydrogens (tertiary/aromatic N) is 2. The first-order valence-corrected chi connectivity index (χ1v) is 8.41. The second kappa shape index (κ2) is 6.01. The molecule has 0 bridgehead atoms. The second-order valence-corrected chi connectivity index (χ2v) is 6.27. The summed E-state index contributed by atoms with van der Waals surface area (Å²) in [7, 11) is 0. The predicted octanol–water partition coefficient (Wildman–Crippen LogP) is 3.83. The molecule has 6 nitrogen and oxygen atoms in total. The van der Waals surface area contributed by atoms with Crippen LogP contribution < -0.4 is 0 Å². The van der Waals surface area contributed by atoms with Crippen LogP contribution in [0, 0.1) is 6.92 Å². The molecule has 0 fully saturated rings. The van der Waals surface area contributed by atoms with Crippen LogP contribution in [-0.4, -0.2) is 31.7 Å². The lowest BCUT2D eigenvalue weighted by atomic mass is 10.1. The molecule has 0 saturated carbocycles. The maximum absolute atomic E-state index is 12.6. The van der Waals surface area contributed by atoms with Crippen LogP contribution in [0.5, 0.6) is 0 Å². The van der Waals surface area contributed by atoms with Gasteiger partial charge < -0.3 is 14.4 Å². The average molecular weight is 338 g/mol. The van der Waals surface area contributed by atoms with Crippen LogP contribution in [0.3, 0.4) is 0 Å². The van der Waals surface area contributed by atoms with Crippen LogP contribution in [0.25, 0.3) is 22.5 Å². The van der Waals surface area contributed by atoms with Crippen molar-refractivity contribution in [1.29, 1.82) is 0 Å². The van der Waals surface area contributed by atoms with Gasteiger partial charge in [0.05, 0.1) is 5.75 Å². The topological polar surface area (TPSA) is 87.6 Å². The molecule has 4 aromatic rings. The number of H-pyrrole nitrogens is 2. The summed E-state index contributed by atoms with van der Waals surface area (Å²) in [5.41, 5.74) is 3.32. The van der Waals surface area contributed by atoms with Crippen molar-refractivity contribution in [3.05, 3.63) is 53.9 Å². The van der Waals surface area contributed by atoms with Gasteiger partial charge in [-0.25, -0.2) is 0 Å². The summed E-state index contributed by atoms with van der Waals surface area (Å²) in [5, 5.41) is 9.28. The Kier molecular flexibility index (Phi) is 3.70. The van der Waals surface area contributed by atoms with Crippen molar-refractivity contribution in [3.63, 3.8) is 0 Å². The highest BCUT2D eigenvalue weighted by Crippen LogP contribution is 2.26. The van der Waals surface area contributed by atoms with E-state index in [4.69, 9.17) is 4.42 Å². The van der Waals surface area contributed by atoms with Gasteiger partial charge in [0.2, 0.25) is 0 Å². The number of aromatic nitrogens is 4. The van der Waals surface area contributed by atoms with Gasteiger partial charge in [0.25, 0.3) is 11.1 Å². The van der Waals surface area contributed by atoms with Crippen molar-refractivity contribution in [2.45, 2.75) is 12.1 Å². The highest BCUT2D eigenvalue weighted by atomic mass is 32.2. The molecule has 0 spiro atoms. The van der Waals surface area contributed by atoms with Crippen molar-refractivity contribution in [2.75, 3.05) is 5.75 Å². The monoisotopic (exact) mass is 338 g/mol. The molecule has 7 heteroatoms. The Morgan fingerprint density at radius 3 is 2.92 bits per heavy atom. The minimum atomic E-state index is 0.0366. The fourth-order valence-corrected chi connectivity index (χ4v) is 3.31. The summed E-state index contributed by atoms with van der Waals surface area (Å²) in [5.74, 6) is 0.697. The van der Waals surface area contributed by atoms with Gasteiger partial charge in [0.1, 0.15) is 5.69 Å². The Labute approximate surface area is 141 Å². The number of ketones is 1. The van der Waals surface area contributed by atoms with E-state index < -0.39 is 0 Å². The van der Waals surface area contributed by atoms with Gasteiger partial charge in [-0.2, -0.15) is 0 Å². The molecular formula is C17H14N4O2S. The largest absolute Gasteiger partial charge is 0.410 e. The van der Waals surface area contributed by atoms with Crippen LogP contribution in [0.15, 0.2) is 52.2 Å². The Morgan fingerprint density at radius 2 is 2.08 bits per heavy atom. The first-order chi connectivity index (χ1) is 11.7. The number of fused-ring (bicyclic) bond motifs is 1. The van der Waals surface area contributed by atoms with E-state index in [2.05, 4.69) is 20.2 Å². The van der Waals surface area contributed by atoms with Gasteiger partial charge in [0, 0.05) is 28.4 Å². The normalized spacial score (nSPS) is 11.2. The molecule has 0 amide bonds. The zero-order chi connectivity index (χ0) is 16.5. The molecule has 4 rings (SSSR count). The number of benzene rings is 1. The summed E-state index contributed by atoms with van der Waals surface area (Å²) >= 11 is 1.24. The van der Waals surface area contributed by atoms with Crippen LogP contribution >= 0.6 is 11.8 Å². The van der Waals surface area contributed by atoms with Crippen molar-refractivity contribution in [1.82, 2.24) is 20.2 Å². The molecule has 0 atom stereocenters. The fourth-order valence-electron chi connectivity index (χ4n) is 2.68. The third-order valence-corrected chi connectivity index (χ3v) is 4.55. The van der Waals surface area contributed by atoms with Crippen molar-refractivity contribution >= 4 is 28.4 Å². The Hall–Kier alpha value is -2.80. The molecule has 1 aromatic carbocycles. The summed E-state index contributed by atoms with van der Waals surface area (Å²) < 4.78 is 5.56. The number of rotatable bonds is 5. The Balaban J connectivity index is 1.51. The highest BCUT2D eigenvalue weighted by molar-refractivity contribution is 7.99. The minimum Gasteiger partial charge on any atom is -0.410 e. The van der Waals surface area contributed by atoms with Gasteiger partial charge in [-0.3, -0.25) is 4.79 Å². The summed E-state index contributed by atoms with van der Waals surface area (Å²) in [6.45, 7) is 1.91. The number of aryl methyl sites for hydroxylation is 1. The minimum absolute atomic E-state index is 0.0366. The first kappa shape index (κ1) is 14.8. The third-order valence-electron chi connectivity index (χ3n) is 3.73. The third kappa shape index (κ3) is 2.63. The number of carbonyl (C=O) groups is 1. The number of hydrogen-bond acceptors (Lipinski definition) is 5. The van der Waals surface area contributed by atoms with Crippen molar-refractivity contribution in [2.24, 2.45) is 0 Å². The SMILES string of the molecule is Cc1[nH]c2ccccc2c1C(=O)CSc1nnc(-c2ccc[nH]2)o1. The van der Waals surface area contributed by atoms with E-state index in [1.165, 1.54) is 11.8 Å². The number of thioether (sulfide) groups is 1. The number of para-hydroxylation sites is 1. The lowest BCUT2D eigenvalue weighted by Gasteiger charge is -1.99. The van der Waals surface area contributed by atoms with E-state index in [0.717, 1.165) is 27.9 Å². The van der Waals surface area contributed by atoms with Crippen molar-refractivity contribution in [3.8, 4) is 11.6 Å². The van der Waals surface area contributed by atoms with E-state index in [0.29, 0.717) is 11.1 Å². The molecule has 3 aromatic heterocycles. The maximum atomic E-state index is 12.6. The second-order valence-electron chi connectivity index (χ2n) is 5.34. The molecule has 120 valence electrons. The van der Waals surface area contributed by atoms with E-state index in [-0.39, 0.29) is 11.5 Å². The van der Waals surface area contributed by atoms with Crippen LogP contribution in [-0.2, 0) is 0 Å². The maximum Gasteiger partial charge on any atom is 0.277 e. The van der Waals surface area contributed by atoms with Gasteiger partial charge in [0.15, 0.2) is 5.78 Å². The zero-order valence-corrected chi connectivity index (χ0v) is 13.7. The number of aromatic amines is 2. The molecule has 3 heterocycles. The lowest BCUT2D eigenvalue weighted by molar-refractivity contribution is 0.102. The Bertz CT molecular complexity index is 1000. The van der Waals surface area contributed by atoms with E-state index in [1.54, 1.807) is 6.20 Å². The fraction of sp³-hybridized carbons (Fsp3) is 0.118. The van der Waals surface area contributed by atoms with Crippen LogP contribution in [0.4, 0.5) is 0 Å². The van der Waals surface area contributed by atoms with Crippen LogP contribution in [0.1, 0.15) is 16.1 Å². The average Bonchev–Trinajstić information content (AvgIpc) is 3.31. The molecule has 0 saturated heterocycles. The van der Waals surface area contributed by atoms with Crippen molar-refractivity contribution < 1.29 is 9.21 Å². The summed E-state index contributed by atoms with van der Waals surface area (Å²) in [6, 6.07) is 11.5. The van der Waals surface area contributed by atoms with Gasteiger partial charge in [-0.1, -0.05) is 30.0 Å². The molecule has 0 aliphatic carbocycles. The molecular weight excluding hydrogens is 324 g/mol. The zero-order valence-electron chi connectivity index (χ0n) is 12.9. The number of Topliss-reactive ketones (excluding diaryl/α,β-unsaturated/α-hetero) is 1. The summed E-state index contributed by atoms with van der Waals surface area (Å²) in [4.78, 5) is 18.9. The first-order valence-electron chi connectivity index (χ1n) is 7.43. The lowest BCUT2D eigenvalue weighted by Crippen LogP contribution is -2.03. The number of nitrogens with one attached hydrogen (secondary N) is 2. The standard InChI is InChI=1S/C17H14N4O2S/c1-10-15(11-5-2-3-6-12(11)19-10)14(22)9-24-17-21-20-16(23-17)13-7-4-8-18-13/h2-8,18-19H,9H2,1H3. The highest BCUT2D eigenvalue weighted by Gasteiger charge is 2.17. The van der Waals surface area contributed by atoms with Crippen LogP contribution in [0.2, 0.25) is 0 Å². The van der Waals surface area contributed by atoms with Gasteiger partial charge >= 0.3 is 0 Å². The molecule has 0 aliphatic heterocycles. The summed E-state index contributed by atoms with van der Waals surface area (Å²) in [6.07, 6.45) is 1.79. The molecule has 24 heavy (non-hydrogen) atoms. The quantitative estimate of drug-likeness (QED) is 0.426. The van der Waals surface area contributed by atoms with Gasteiger partial charge in [-0.15, -0.1) is 10.2 Å². The number of hydrogen-bond donors (Lipinski definition) is 2. The molecule has 2 N–H and O–H groups in total. The predicted molar refractivity (Wildman–Crippen MR) is 92.2 cm³/mol. The van der Waals surface area contributed by atoms with E-state index in [1.807, 2.05) is 43.3 Å². The molecule has 0 aliphatic rings. The smallest absolute Gasteiger partial charge is 0.277 e. The molecule has 0 unspecified atom stereocenters.